The van der Waals surface area contributed by atoms with Gasteiger partial charge in [0.25, 0.3) is 0 Å². The van der Waals surface area contributed by atoms with Crippen LogP contribution in [0.1, 0.15) is 33.1 Å². The van der Waals surface area contributed by atoms with Crippen LogP contribution in [0.2, 0.25) is 0 Å². The van der Waals surface area contributed by atoms with E-state index in [2.05, 4.69) is 27.0 Å². The fourth-order valence-electron chi connectivity index (χ4n) is 1.70. The zero-order chi connectivity index (χ0) is 8.43. The van der Waals surface area contributed by atoms with Gasteiger partial charge in [-0.25, -0.2) is 0 Å². The van der Waals surface area contributed by atoms with Crippen LogP contribution in [-0.4, -0.2) is 0 Å². The van der Waals surface area contributed by atoms with Crippen LogP contribution in [-0.2, 0) is 0 Å². The molecule has 0 heterocycles. The first kappa shape index (κ1) is 8.58. The summed E-state index contributed by atoms with van der Waals surface area (Å²) in [5.41, 5.74) is 2.75. The zero-order valence-corrected chi connectivity index (χ0v) is 7.69. The van der Waals surface area contributed by atoms with Gasteiger partial charge >= 0.3 is 0 Å². The highest BCUT2D eigenvalue weighted by atomic mass is 14.3. The van der Waals surface area contributed by atoms with Crippen molar-refractivity contribution in [3.8, 4) is 0 Å². The van der Waals surface area contributed by atoms with Crippen LogP contribution in [0.25, 0.3) is 0 Å². The Hall–Kier alpha value is -0.520. The molecular formula is C11H18. The fraction of sp³-hybridized carbons (Fsp3) is 0.636. The quantitative estimate of drug-likeness (QED) is 0.501. The summed E-state index contributed by atoms with van der Waals surface area (Å²) in [6.45, 7) is 12.5. The van der Waals surface area contributed by atoms with Crippen molar-refractivity contribution < 1.29 is 0 Å². The molecule has 1 fully saturated rings. The van der Waals surface area contributed by atoms with E-state index in [4.69, 9.17) is 0 Å². The van der Waals surface area contributed by atoms with Gasteiger partial charge in [0.15, 0.2) is 0 Å². The maximum absolute atomic E-state index is 4.09. The van der Waals surface area contributed by atoms with Crippen molar-refractivity contribution in [3.63, 3.8) is 0 Å². The lowest BCUT2D eigenvalue weighted by Crippen LogP contribution is -2.14. The summed E-state index contributed by atoms with van der Waals surface area (Å²) in [5.74, 6) is 1.46. The molecule has 1 aliphatic rings. The van der Waals surface area contributed by atoms with Gasteiger partial charge in [-0.05, 0) is 38.0 Å². The molecule has 2 atom stereocenters. The van der Waals surface area contributed by atoms with E-state index in [9.17, 15) is 0 Å². The number of rotatable bonds is 1. The number of allylic oxidation sites excluding steroid dienone is 2. The highest BCUT2D eigenvalue weighted by Gasteiger charge is 2.20. The van der Waals surface area contributed by atoms with Crippen LogP contribution < -0.4 is 0 Å². The molecule has 0 heteroatoms. The van der Waals surface area contributed by atoms with Crippen LogP contribution in [0.5, 0.6) is 0 Å². The van der Waals surface area contributed by atoms with Gasteiger partial charge in [0, 0.05) is 0 Å². The molecule has 0 aromatic carbocycles. The van der Waals surface area contributed by atoms with Crippen LogP contribution >= 0.6 is 0 Å². The molecule has 0 bridgehead atoms. The van der Waals surface area contributed by atoms with Crippen LogP contribution in [0.3, 0.4) is 0 Å². The second-order valence-electron chi connectivity index (χ2n) is 3.88. The molecule has 0 N–H and O–H groups in total. The molecule has 1 rings (SSSR count). The summed E-state index contributed by atoms with van der Waals surface area (Å²) in [4.78, 5) is 0. The smallest absolute Gasteiger partial charge is 0.0171 e. The van der Waals surface area contributed by atoms with Gasteiger partial charge in [-0.15, -0.1) is 0 Å². The van der Waals surface area contributed by atoms with Gasteiger partial charge in [-0.1, -0.05) is 31.2 Å². The number of hydrogen-bond donors (Lipinski definition) is 0. The molecule has 0 aromatic rings. The second-order valence-corrected chi connectivity index (χ2v) is 3.88. The van der Waals surface area contributed by atoms with E-state index >= 15 is 0 Å². The van der Waals surface area contributed by atoms with Crippen LogP contribution in [0, 0.1) is 11.8 Å². The average Bonchev–Trinajstić information content (AvgIpc) is 1.94. The van der Waals surface area contributed by atoms with Gasteiger partial charge in [0.2, 0.25) is 0 Å². The van der Waals surface area contributed by atoms with Crippen molar-refractivity contribution >= 4 is 0 Å². The van der Waals surface area contributed by atoms with Gasteiger partial charge in [0.1, 0.15) is 0 Å². The molecule has 1 aliphatic carbocycles. The Labute approximate surface area is 70.0 Å². The van der Waals surface area contributed by atoms with Crippen molar-refractivity contribution in [1.82, 2.24) is 0 Å². The Morgan fingerprint density at radius 2 is 2.09 bits per heavy atom. The molecule has 0 aliphatic heterocycles. The Kier molecular flexibility index (Phi) is 2.53. The third kappa shape index (κ3) is 1.95. The summed E-state index contributed by atoms with van der Waals surface area (Å²) in [5, 5.41) is 0. The van der Waals surface area contributed by atoms with Gasteiger partial charge in [0.05, 0.1) is 0 Å². The summed E-state index contributed by atoms with van der Waals surface area (Å²) in [6, 6.07) is 0. The van der Waals surface area contributed by atoms with E-state index in [0.717, 1.165) is 11.8 Å². The highest BCUT2D eigenvalue weighted by molar-refractivity contribution is 5.11. The van der Waals surface area contributed by atoms with Crippen molar-refractivity contribution in [2.45, 2.75) is 33.1 Å². The van der Waals surface area contributed by atoms with Crippen molar-refractivity contribution in [1.29, 1.82) is 0 Å². The molecule has 0 amide bonds. The Morgan fingerprint density at radius 3 is 2.55 bits per heavy atom. The molecule has 11 heavy (non-hydrogen) atoms. The summed E-state index contributed by atoms with van der Waals surface area (Å²) < 4.78 is 0. The summed E-state index contributed by atoms with van der Waals surface area (Å²) >= 11 is 0. The SMILES string of the molecule is C=C(C)[C@@H]1CC[C@@H](C)C(=C)C1. The van der Waals surface area contributed by atoms with Gasteiger partial charge in [-0.2, -0.15) is 0 Å². The first-order chi connectivity index (χ1) is 5.11. The van der Waals surface area contributed by atoms with Crippen LogP contribution in [0.4, 0.5) is 0 Å². The molecule has 0 spiro atoms. The first-order valence-corrected chi connectivity index (χ1v) is 4.44. The molecular weight excluding hydrogens is 132 g/mol. The Morgan fingerprint density at radius 1 is 1.45 bits per heavy atom. The van der Waals surface area contributed by atoms with E-state index < -0.39 is 0 Å². The molecule has 0 saturated heterocycles. The number of hydrogen-bond acceptors (Lipinski definition) is 0. The Balaban J connectivity index is 2.53. The van der Waals surface area contributed by atoms with Gasteiger partial charge < -0.3 is 0 Å². The predicted octanol–water partition coefficient (Wildman–Crippen LogP) is 3.55. The Bertz CT molecular complexity index is 176. The molecule has 0 unspecified atom stereocenters. The van der Waals surface area contributed by atoms with E-state index in [-0.39, 0.29) is 0 Å². The minimum atomic E-state index is 0.721. The topological polar surface area (TPSA) is 0 Å². The zero-order valence-electron chi connectivity index (χ0n) is 7.69. The third-order valence-corrected chi connectivity index (χ3v) is 2.85. The predicted molar refractivity (Wildman–Crippen MR) is 50.5 cm³/mol. The maximum Gasteiger partial charge on any atom is -0.0171 e. The highest BCUT2D eigenvalue weighted by Crippen LogP contribution is 2.34. The summed E-state index contributed by atoms with van der Waals surface area (Å²) in [7, 11) is 0. The second kappa shape index (κ2) is 3.25. The maximum atomic E-state index is 4.09. The minimum absolute atomic E-state index is 0.721. The summed E-state index contributed by atoms with van der Waals surface area (Å²) in [6.07, 6.45) is 3.79. The molecule has 0 radical (unpaired) electrons. The normalized spacial score (nSPS) is 32.0. The average molecular weight is 150 g/mol. The van der Waals surface area contributed by atoms with E-state index in [1.807, 2.05) is 0 Å². The third-order valence-electron chi connectivity index (χ3n) is 2.85. The lowest BCUT2D eigenvalue weighted by molar-refractivity contribution is 0.404. The van der Waals surface area contributed by atoms with Crippen LogP contribution in [0.15, 0.2) is 24.3 Å². The van der Waals surface area contributed by atoms with E-state index in [1.165, 1.54) is 30.4 Å². The van der Waals surface area contributed by atoms with Crippen molar-refractivity contribution in [3.05, 3.63) is 24.3 Å². The minimum Gasteiger partial charge on any atom is -0.0998 e. The lowest BCUT2D eigenvalue weighted by Gasteiger charge is -2.28. The molecule has 1 saturated carbocycles. The fourth-order valence-corrected chi connectivity index (χ4v) is 1.70. The van der Waals surface area contributed by atoms with Gasteiger partial charge in [-0.3, -0.25) is 0 Å². The van der Waals surface area contributed by atoms with Crippen molar-refractivity contribution in [2.75, 3.05) is 0 Å². The van der Waals surface area contributed by atoms with E-state index in [0.29, 0.717) is 0 Å². The monoisotopic (exact) mass is 150 g/mol. The lowest BCUT2D eigenvalue weighted by atomic mass is 9.77. The standard InChI is InChI=1S/C11H18/c1-8(2)11-6-5-9(3)10(4)7-11/h9,11H,1,4-7H2,2-3H3/t9-,11-/m1/s1. The van der Waals surface area contributed by atoms with E-state index in [1.54, 1.807) is 0 Å². The first-order valence-electron chi connectivity index (χ1n) is 4.44. The molecule has 0 nitrogen and oxygen atoms in total. The largest absolute Gasteiger partial charge is 0.0998 e. The molecule has 62 valence electrons. The molecule has 0 aromatic heterocycles. The van der Waals surface area contributed by atoms with Crippen molar-refractivity contribution in [2.24, 2.45) is 11.8 Å².